The molecule has 0 N–H and O–H groups in total. The molecule has 3 nitrogen and oxygen atoms in total. The zero-order valence-electron chi connectivity index (χ0n) is 4.37. The van der Waals surface area contributed by atoms with Crippen molar-refractivity contribution in [2.75, 3.05) is 6.54 Å². The molecule has 1 rings (SSSR count). The SMILES string of the molecule is [CH2]C[N+]1=CC=NC1=O. The van der Waals surface area contributed by atoms with Gasteiger partial charge in [-0.2, -0.15) is 9.37 Å². The molecule has 2 amide bonds. The van der Waals surface area contributed by atoms with Crippen LogP contribution in [0.5, 0.6) is 0 Å². The van der Waals surface area contributed by atoms with Gasteiger partial charge in [-0.25, -0.2) is 0 Å². The lowest BCUT2D eigenvalue weighted by atomic mass is 10.7. The lowest BCUT2D eigenvalue weighted by Crippen LogP contribution is -2.12. The van der Waals surface area contributed by atoms with E-state index in [1.54, 1.807) is 6.21 Å². The van der Waals surface area contributed by atoms with Gasteiger partial charge in [0.2, 0.25) is 0 Å². The van der Waals surface area contributed by atoms with E-state index in [0.717, 1.165) is 0 Å². The third-order valence-electron chi connectivity index (χ3n) is 0.918. The van der Waals surface area contributed by atoms with Crippen molar-refractivity contribution >= 4 is 18.5 Å². The molecule has 3 heteroatoms. The fourth-order valence-corrected chi connectivity index (χ4v) is 0.486. The number of aliphatic imine (C=N–C) groups is 1. The van der Waals surface area contributed by atoms with Gasteiger partial charge in [0, 0.05) is 0 Å². The predicted octanol–water partition coefficient (Wildman–Crippen LogP) is 0.108. The van der Waals surface area contributed by atoms with Crippen LogP contribution in [0.2, 0.25) is 0 Å². The van der Waals surface area contributed by atoms with Gasteiger partial charge in [-0.15, -0.1) is 0 Å². The Morgan fingerprint density at radius 3 is 2.88 bits per heavy atom. The van der Waals surface area contributed by atoms with Crippen LogP contribution in [0, 0.1) is 6.92 Å². The number of hydrogen-bond donors (Lipinski definition) is 0. The molecule has 0 atom stereocenters. The van der Waals surface area contributed by atoms with Gasteiger partial charge in [0.15, 0.2) is 6.21 Å². The van der Waals surface area contributed by atoms with Crippen LogP contribution in [0.4, 0.5) is 4.79 Å². The zero-order chi connectivity index (χ0) is 5.98. The van der Waals surface area contributed by atoms with Crippen molar-refractivity contribution in [3.8, 4) is 0 Å². The molecule has 8 heavy (non-hydrogen) atoms. The summed E-state index contributed by atoms with van der Waals surface area (Å²) in [5.41, 5.74) is 0. The van der Waals surface area contributed by atoms with E-state index in [4.69, 9.17) is 0 Å². The smallest absolute Gasteiger partial charge is 0.193 e. The number of carbonyl (C=O) groups is 1. The van der Waals surface area contributed by atoms with Gasteiger partial charge in [-0.05, 0) is 11.9 Å². The van der Waals surface area contributed by atoms with Gasteiger partial charge in [-0.3, -0.25) is 0 Å². The van der Waals surface area contributed by atoms with Crippen molar-refractivity contribution < 1.29 is 9.37 Å². The largest absolute Gasteiger partial charge is 0.539 e. The number of carbonyl (C=O) groups excluding carboxylic acids is 1. The van der Waals surface area contributed by atoms with Crippen LogP contribution in [-0.2, 0) is 0 Å². The van der Waals surface area contributed by atoms with E-state index in [1.165, 1.54) is 10.8 Å². The Kier molecular flexibility index (Phi) is 1.20. The molecule has 0 spiro atoms. The summed E-state index contributed by atoms with van der Waals surface area (Å²) in [6, 6.07) is -0.222. The second kappa shape index (κ2) is 1.86. The van der Waals surface area contributed by atoms with Crippen molar-refractivity contribution in [1.82, 2.24) is 0 Å². The van der Waals surface area contributed by atoms with Gasteiger partial charge in [0.05, 0.1) is 6.54 Å². The van der Waals surface area contributed by atoms with E-state index in [-0.39, 0.29) is 6.03 Å². The molecular formula is C5H6N2O+. The number of hydrogen-bond acceptors (Lipinski definition) is 1. The third kappa shape index (κ3) is 0.665. The van der Waals surface area contributed by atoms with Gasteiger partial charge >= 0.3 is 6.03 Å². The van der Waals surface area contributed by atoms with Crippen molar-refractivity contribution in [2.24, 2.45) is 4.99 Å². The molecule has 0 aromatic carbocycles. The first kappa shape index (κ1) is 5.15. The van der Waals surface area contributed by atoms with Crippen LogP contribution in [-0.4, -0.2) is 29.6 Å². The highest BCUT2D eigenvalue weighted by atomic mass is 16.2. The van der Waals surface area contributed by atoms with Crippen molar-refractivity contribution in [1.29, 1.82) is 0 Å². The Morgan fingerprint density at radius 2 is 2.62 bits per heavy atom. The number of amides is 2. The van der Waals surface area contributed by atoms with Crippen LogP contribution < -0.4 is 0 Å². The highest BCUT2D eigenvalue weighted by molar-refractivity contribution is 6.20. The first-order valence-electron chi connectivity index (χ1n) is 2.32. The Labute approximate surface area is 47.4 Å². The van der Waals surface area contributed by atoms with Crippen molar-refractivity contribution in [2.45, 2.75) is 0 Å². The molecule has 1 aliphatic rings. The Morgan fingerprint density at radius 1 is 1.88 bits per heavy atom. The summed E-state index contributed by atoms with van der Waals surface area (Å²) in [5.74, 6) is 0. The van der Waals surface area contributed by atoms with Crippen molar-refractivity contribution in [3.63, 3.8) is 0 Å². The fraction of sp³-hybridized carbons (Fsp3) is 0.200. The molecule has 1 radical (unpaired) electrons. The average Bonchev–Trinajstić information content (AvgIpc) is 2.14. The summed E-state index contributed by atoms with van der Waals surface area (Å²) in [6.07, 6.45) is 3.07. The summed E-state index contributed by atoms with van der Waals surface area (Å²) < 4.78 is 1.43. The van der Waals surface area contributed by atoms with Crippen LogP contribution in [0.3, 0.4) is 0 Å². The van der Waals surface area contributed by atoms with E-state index in [2.05, 4.69) is 11.9 Å². The molecule has 0 aliphatic carbocycles. The van der Waals surface area contributed by atoms with Crippen LogP contribution in [0.1, 0.15) is 0 Å². The molecule has 0 bridgehead atoms. The number of rotatable bonds is 1. The van der Waals surface area contributed by atoms with E-state index >= 15 is 0 Å². The summed E-state index contributed by atoms with van der Waals surface area (Å²) >= 11 is 0. The summed E-state index contributed by atoms with van der Waals surface area (Å²) in [5, 5.41) is 0. The van der Waals surface area contributed by atoms with Crippen LogP contribution >= 0.6 is 0 Å². The molecule has 0 unspecified atom stereocenters. The molecule has 41 valence electrons. The molecule has 1 aliphatic heterocycles. The quantitative estimate of drug-likeness (QED) is 0.441. The predicted molar refractivity (Wildman–Crippen MR) is 30.4 cm³/mol. The lowest BCUT2D eigenvalue weighted by molar-refractivity contribution is -0.405. The first-order chi connectivity index (χ1) is 3.84. The highest BCUT2D eigenvalue weighted by Crippen LogP contribution is 1.85. The summed E-state index contributed by atoms with van der Waals surface area (Å²) in [4.78, 5) is 13.9. The topological polar surface area (TPSA) is 32.4 Å². The zero-order valence-corrected chi connectivity index (χ0v) is 4.37. The fourth-order valence-electron chi connectivity index (χ4n) is 0.486. The number of urea groups is 1. The van der Waals surface area contributed by atoms with Crippen LogP contribution in [0.15, 0.2) is 4.99 Å². The second-order valence-corrected chi connectivity index (χ2v) is 1.40. The van der Waals surface area contributed by atoms with Gasteiger partial charge < -0.3 is 0 Å². The Balaban J connectivity index is 2.73. The minimum Gasteiger partial charge on any atom is -0.193 e. The monoisotopic (exact) mass is 110 g/mol. The maximum atomic E-state index is 10.5. The molecule has 0 saturated heterocycles. The Hall–Kier alpha value is -0.990. The van der Waals surface area contributed by atoms with Gasteiger partial charge in [0.1, 0.15) is 6.21 Å². The summed E-state index contributed by atoms with van der Waals surface area (Å²) in [6.45, 7) is 3.97. The third-order valence-corrected chi connectivity index (χ3v) is 0.918. The molecule has 0 saturated carbocycles. The van der Waals surface area contributed by atoms with E-state index in [9.17, 15) is 4.79 Å². The molecular weight excluding hydrogens is 104 g/mol. The molecule has 0 fully saturated rings. The van der Waals surface area contributed by atoms with E-state index in [1.807, 2.05) is 0 Å². The lowest BCUT2D eigenvalue weighted by Gasteiger charge is -1.83. The first-order valence-corrected chi connectivity index (χ1v) is 2.32. The minimum absolute atomic E-state index is 0.222. The Bertz CT molecular complexity index is 169. The average molecular weight is 110 g/mol. The van der Waals surface area contributed by atoms with Gasteiger partial charge in [-0.1, -0.05) is 0 Å². The normalized spacial score (nSPS) is 17.1. The molecule has 0 aromatic rings. The highest BCUT2D eigenvalue weighted by Gasteiger charge is 2.16. The van der Waals surface area contributed by atoms with E-state index < -0.39 is 0 Å². The molecule has 1 heterocycles. The standard InChI is InChI=1S/C5H6N2O/c1-2-7-4-3-6-5(7)8/h3-4H,1-2H2/q+1. The van der Waals surface area contributed by atoms with Crippen molar-refractivity contribution in [3.05, 3.63) is 6.92 Å². The second-order valence-electron chi connectivity index (χ2n) is 1.40. The maximum Gasteiger partial charge on any atom is 0.539 e. The van der Waals surface area contributed by atoms with Gasteiger partial charge in [0.25, 0.3) is 0 Å². The van der Waals surface area contributed by atoms with E-state index in [0.29, 0.717) is 6.54 Å². The number of nitrogens with zero attached hydrogens (tertiary/aromatic N) is 2. The minimum atomic E-state index is -0.222. The maximum absolute atomic E-state index is 10.5. The van der Waals surface area contributed by atoms with Crippen LogP contribution in [0.25, 0.3) is 0 Å². The summed E-state index contributed by atoms with van der Waals surface area (Å²) in [7, 11) is 0. The molecule has 0 aromatic heterocycles.